The molecule has 4 heteroatoms. The lowest BCUT2D eigenvalue weighted by Gasteiger charge is -2.05. The van der Waals surface area contributed by atoms with Crippen LogP contribution in [0.2, 0.25) is 5.02 Å². The Kier molecular flexibility index (Phi) is 3.01. The third kappa shape index (κ3) is 2.05. The smallest absolute Gasteiger partial charge is 0.182 e. The molecule has 0 bridgehead atoms. The molecule has 1 aromatic rings. The zero-order chi connectivity index (χ0) is 10.0. The summed E-state index contributed by atoms with van der Waals surface area (Å²) >= 11 is 5.49. The highest BCUT2D eigenvalue weighted by Crippen LogP contribution is 2.18. The van der Waals surface area contributed by atoms with Crippen molar-refractivity contribution in [2.45, 2.75) is 13.0 Å². The molecule has 1 rings (SSSR count). The molecule has 1 atom stereocenters. The van der Waals surface area contributed by atoms with E-state index in [0.717, 1.165) is 0 Å². The Bertz CT molecular complexity index is 338. The molecular weight excluding hydrogens is 193 g/mol. The average Bonchev–Trinajstić information content (AvgIpc) is 2.08. The van der Waals surface area contributed by atoms with Crippen LogP contribution in [-0.4, -0.2) is 11.8 Å². The quantitative estimate of drug-likeness (QED) is 0.744. The summed E-state index contributed by atoms with van der Waals surface area (Å²) in [6.07, 6.45) is 0. The van der Waals surface area contributed by atoms with E-state index in [1.165, 1.54) is 25.1 Å². The predicted molar refractivity (Wildman–Crippen MR) is 49.4 cm³/mol. The summed E-state index contributed by atoms with van der Waals surface area (Å²) in [5.74, 6) is -1.15. The van der Waals surface area contributed by atoms with Crippen molar-refractivity contribution in [3.63, 3.8) is 0 Å². The molecule has 0 aromatic heterocycles. The van der Waals surface area contributed by atoms with Gasteiger partial charge in [0.25, 0.3) is 0 Å². The topological polar surface area (TPSA) is 43.1 Å². The second kappa shape index (κ2) is 3.85. The maximum Gasteiger partial charge on any atom is 0.182 e. The first-order valence-corrected chi connectivity index (χ1v) is 4.15. The monoisotopic (exact) mass is 201 g/mol. The zero-order valence-corrected chi connectivity index (χ0v) is 7.81. The summed E-state index contributed by atoms with van der Waals surface area (Å²) in [6, 6.07) is 3.55. The fraction of sp³-hybridized carbons (Fsp3) is 0.222. The van der Waals surface area contributed by atoms with E-state index in [0.29, 0.717) is 0 Å². The van der Waals surface area contributed by atoms with Crippen molar-refractivity contribution in [1.82, 2.24) is 0 Å². The van der Waals surface area contributed by atoms with E-state index < -0.39 is 17.6 Å². The van der Waals surface area contributed by atoms with Gasteiger partial charge in [-0.05, 0) is 19.1 Å². The van der Waals surface area contributed by atoms with E-state index in [9.17, 15) is 9.18 Å². The molecule has 0 aliphatic heterocycles. The molecule has 0 aliphatic rings. The van der Waals surface area contributed by atoms with Crippen molar-refractivity contribution >= 4 is 17.4 Å². The van der Waals surface area contributed by atoms with E-state index in [4.69, 9.17) is 17.3 Å². The molecule has 0 aliphatic carbocycles. The normalized spacial score (nSPS) is 12.6. The Morgan fingerprint density at radius 1 is 1.62 bits per heavy atom. The number of rotatable bonds is 2. The van der Waals surface area contributed by atoms with E-state index >= 15 is 0 Å². The van der Waals surface area contributed by atoms with Crippen molar-refractivity contribution in [2.75, 3.05) is 0 Å². The highest BCUT2D eigenvalue weighted by atomic mass is 35.5. The molecule has 1 aromatic carbocycles. The minimum absolute atomic E-state index is 0.0532. The highest BCUT2D eigenvalue weighted by Gasteiger charge is 2.16. The van der Waals surface area contributed by atoms with E-state index in [-0.39, 0.29) is 10.6 Å². The second-order valence-electron chi connectivity index (χ2n) is 2.75. The lowest BCUT2D eigenvalue weighted by Crippen LogP contribution is -2.27. The fourth-order valence-electron chi connectivity index (χ4n) is 0.939. The van der Waals surface area contributed by atoms with E-state index in [2.05, 4.69) is 0 Å². The minimum Gasteiger partial charge on any atom is -0.321 e. The van der Waals surface area contributed by atoms with Crippen LogP contribution in [-0.2, 0) is 0 Å². The maximum atomic E-state index is 13.2. The molecule has 0 spiro atoms. The van der Waals surface area contributed by atoms with Gasteiger partial charge in [-0.25, -0.2) is 4.39 Å². The highest BCUT2D eigenvalue weighted by molar-refractivity contribution is 6.31. The number of hydrogen-bond acceptors (Lipinski definition) is 2. The van der Waals surface area contributed by atoms with Gasteiger partial charge in [0.1, 0.15) is 0 Å². The Balaban J connectivity index is 3.15. The van der Waals surface area contributed by atoms with Crippen LogP contribution >= 0.6 is 11.6 Å². The molecular formula is C9H9ClFNO. The first kappa shape index (κ1) is 10.2. The third-order valence-corrected chi connectivity index (χ3v) is 1.92. The molecule has 0 fully saturated rings. The number of carbonyl (C=O) groups is 1. The van der Waals surface area contributed by atoms with Gasteiger partial charge in [0.2, 0.25) is 0 Å². The van der Waals surface area contributed by atoms with Gasteiger partial charge in [-0.1, -0.05) is 17.7 Å². The van der Waals surface area contributed by atoms with Gasteiger partial charge in [0.15, 0.2) is 11.6 Å². The van der Waals surface area contributed by atoms with Gasteiger partial charge in [-0.2, -0.15) is 0 Å². The molecule has 1 unspecified atom stereocenters. The van der Waals surface area contributed by atoms with Crippen molar-refractivity contribution in [2.24, 2.45) is 5.73 Å². The summed E-state index contributed by atoms with van der Waals surface area (Å²) < 4.78 is 13.2. The molecule has 2 nitrogen and oxygen atoms in total. The Hall–Kier alpha value is -0.930. The van der Waals surface area contributed by atoms with Crippen LogP contribution in [0.5, 0.6) is 0 Å². The van der Waals surface area contributed by atoms with Crippen LogP contribution in [0, 0.1) is 5.82 Å². The van der Waals surface area contributed by atoms with Crippen LogP contribution in [0.15, 0.2) is 18.2 Å². The van der Waals surface area contributed by atoms with E-state index in [1.807, 2.05) is 0 Å². The molecule has 0 saturated heterocycles. The summed E-state index contributed by atoms with van der Waals surface area (Å²) in [7, 11) is 0. The number of carbonyl (C=O) groups excluding carboxylic acids is 1. The number of hydrogen-bond donors (Lipinski definition) is 1. The van der Waals surface area contributed by atoms with Gasteiger partial charge < -0.3 is 5.73 Å². The summed E-state index contributed by atoms with van der Waals surface area (Å²) in [5.41, 5.74) is 5.27. The van der Waals surface area contributed by atoms with Crippen molar-refractivity contribution in [1.29, 1.82) is 0 Å². The molecule has 0 amide bonds. The van der Waals surface area contributed by atoms with Gasteiger partial charge in [0.05, 0.1) is 16.6 Å². The predicted octanol–water partition coefficient (Wildman–Crippen LogP) is 2.01. The van der Waals surface area contributed by atoms with Gasteiger partial charge in [-0.15, -0.1) is 0 Å². The van der Waals surface area contributed by atoms with Crippen molar-refractivity contribution in [3.05, 3.63) is 34.6 Å². The minimum atomic E-state index is -0.715. The average molecular weight is 202 g/mol. The summed E-state index contributed by atoms with van der Waals surface area (Å²) in [6.45, 7) is 1.50. The lowest BCUT2D eigenvalue weighted by molar-refractivity contribution is 0.0964. The number of Topliss-reactive ketones (excluding diaryl/α,β-unsaturated/α-hetero) is 1. The van der Waals surface area contributed by atoms with Crippen LogP contribution < -0.4 is 5.73 Å². The molecule has 0 radical (unpaired) electrons. The number of halogens is 2. The zero-order valence-electron chi connectivity index (χ0n) is 7.05. The number of nitrogens with two attached hydrogens (primary N) is 1. The first-order chi connectivity index (χ1) is 6.04. The number of benzene rings is 1. The second-order valence-corrected chi connectivity index (χ2v) is 3.16. The van der Waals surface area contributed by atoms with Gasteiger partial charge in [-0.3, -0.25) is 4.79 Å². The first-order valence-electron chi connectivity index (χ1n) is 3.78. The SMILES string of the molecule is CC(N)C(=O)c1cccc(Cl)c1F. The summed E-state index contributed by atoms with van der Waals surface area (Å²) in [4.78, 5) is 11.3. The van der Waals surface area contributed by atoms with Crippen LogP contribution in [0.4, 0.5) is 4.39 Å². The van der Waals surface area contributed by atoms with Crippen molar-refractivity contribution in [3.8, 4) is 0 Å². The Morgan fingerprint density at radius 3 is 2.77 bits per heavy atom. The number of ketones is 1. The van der Waals surface area contributed by atoms with Gasteiger partial charge in [0, 0.05) is 0 Å². The molecule has 2 N–H and O–H groups in total. The van der Waals surface area contributed by atoms with Crippen LogP contribution in [0.3, 0.4) is 0 Å². The summed E-state index contributed by atoms with van der Waals surface area (Å²) in [5, 5.41) is -0.0634. The standard InChI is InChI=1S/C9H9ClFNO/c1-5(12)9(13)6-3-2-4-7(10)8(6)11/h2-5H,12H2,1H3. The maximum absolute atomic E-state index is 13.2. The molecule has 13 heavy (non-hydrogen) atoms. The molecule has 0 saturated carbocycles. The van der Waals surface area contributed by atoms with Crippen LogP contribution in [0.25, 0.3) is 0 Å². The third-order valence-electron chi connectivity index (χ3n) is 1.63. The van der Waals surface area contributed by atoms with E-state index in [1.54, 1.807) is 0 Å². The van der Waals surface area contributed by atoms with Crippen LogP contribution in [0.1, 0.15) is 17.3 Å². The molecule has 70 valence electrons. The Morgan fingerprint density at radius 2 is 2.23 bits per heavy atom. The lowest BCUT2D eigenvalue weighted by atomic mass is 10.1. The fourth-order valence-corrected chi connectivity index (χ4v) is 1.11. The molecule has 0 heterocycles. The van der Waals surface area contributed by atoms with Gasteiger partial charge >= 0.3 is 0 Å². The largest absolute Gasteiger partial charge is 0.321 e. The Labute approximate surface area is 80.5 Å². The van der Waals surface area contributed by atoms with Crippen molar-refractivity contribution < 1.29 is 9.18 Å².